The highest BCUT2D eigenvalue weighted by Gasteiger charge is 2.20. The first-order chi connectivity index (χ1) is 15.9. The maximum Gasteiger partial charge on any atom is 0.326 e. The van der Waals surface area contributed by atoms with Gasteiger partial charge in [0.15, 0.2) is 0 Å². The number of rotatable bonds is 23. The molecule has 33 heavy (non-hydrogen) atoms. The number of nitrogens with two attached hydrogens (primary N) is 1. The molecule has 8 heteroatoms. The number of aliphatic carboxylic acids is 1. The zero-order valence-electron chi connectivity index (χ0n) is 20.7. The maximum absolute atomic E-state index is 12.1. The van der Waals surface area contributed by atoms with Gasteiger partial charge in [-0.15, -0.1) is 0 Å². The Labute approximate surface area is 199 Å². The highest BCUT2D eigenvalue weighted by molar-refractivity contribution is 5.84. The fraction of sp³-hybridized carbons (Fsp3) is 0.840. The van der Waals surface area contributed by atoms with E-state index in [1.165, 1.54) is 51.4 Å². The third-order valence-corrected chi connectivity index (χ3v) is 5.72. The number of unbranched alkanes of at least 4 members (excludes halogenated alkanes) is 12. The monoisotopic (exact) mass is 469 g/mol. The van der Waals surface area contributed by atoms with Crippen LogP contribution < -0.4 is 16.4 Å². The molecule has 0 heterocycles. The first kappa shape index (κ1) is 30.9. The summed E-state index contributed by atoms with van der Waals surface area (Å²) in [5.74, 6) is -1.96. The first-order valence-electron chi connectivity index (χ1n) is 12.9. The zero-order valence-corrected chi connectivity index (χ0v) is 20.7. The summed E-state index contributed by atoms with van der Waals surface area (Å²) in [6, 6.07) is -1.05. The topological polar surface area (TPSA) is 139 Å². The second kappa shape index (κ2) is 21.7. The molecule has 192 valence electrons. The van der Waals surface area contributed by atoms with Gasteiger partial charge in [-0.1, -0.05) is 77.6 Å². The Morgan fingerprint density at radius 1 is 0.697 bits per heavy atom. The lowest BCUT2D eigenvalue weighted by Gasteiger charge is -2.14. The van der Waals surface area contributed by atoms with E-state index in [-0.39, 0.29) is 30.6 Å². The maximum atomic E-state index is 12.1. The lowest BCUT2D eigenvalue weighted by atomic mass is 10.0. The van der Waals surface area contributed by atoms with Gasteiger partial charge in [0, 0.05) is 25.8 Å². The second-order valence-corrected chi connectivity index (χ2v) is 8.91. The van der Waals surface area contributed by atoms with Crippen molar-refractivity contribution < 1.29 is 24.3 Å². The van der Waals surface area contributed by atoms with E-state index in [1.807, 2.05) is 0 Å². The highest BCUT2D eigenvalue weighted by Crippen LogP contribution is 2.12. The molecular weight excluding hydrogens is 422 g/mol. The van der Waals surface area contributed by atoms with Gasteiger partial charge in [0.2, 0.25) is 17.7 Å². The van der Waals surface area contributed by atoms with Crippen LogP contribution in [0.4, 0.5) is 0 Å². The van der Waals surface area contributed by atoms with Crippen LogP contribution >= 0.6 is 0 Å². The Bertz CT molecular complexity index is 554. The van der Waals surface area contributed by atoms with Gasteiger partial charge in [0.05, 0.1) is 0 Å². The van der Waals surface area contributed by atoms with Gasteiger partial charge in [-0.05, 0) is 25.7 Å². The summed E-state index contributed by atoms with van der Waals surface area (Å²) in [7, 11) is 0. The fourth-order valence-corrected chi connectivity index (χ4v) is 3.67. The number of hydrogen-bond donors (Lipinski definition) is 4. The van der Waals surface area contributed by atoms with Crippen molar-refractivity contribution in [2.45, 2.75) is 129 Å². The molecule has 0 aliphatic heterocycles. The van der Waals surface area contributed by atoms with Crippen LogP contribution in [0.5, 0.6) is 0 Å². The summed E-state index contributed by atoms with van der Waals surface area (Å²) in [4.78, 5) is 46.0. The smallest absolute Gasteiger partial charge is 0.326 e. The standard InChI is InChI=1S/C25H47N3O5/c1-2-3-4-5-6-7-8-9-10-11-14-17-24(31)28-21(25(32)33)18-19-23(30)27-20-15-12-13-16-22(26)29/h21H,2-20H2,1H3,(H2,26,29)(H,27,30)(H,28,31)(H,32,33)/t21-/m0/s1. The van der Waals surface area contributed by atoms with E-state index in [1.54, 1.807) is 0 Å². The summed E-state index contributed by atoms with van der Waals surface area (Å²) in [6.07, 6.45) is 16.1. The Hall–Kier alpha value is -2.12. The van der Waals surface area contributed by atoms with Gasteiger partial charge >= 0.3 is 5.97 Å². The molecule has 0 bridgehead atoms. The molecule has 0 aliphatic rings. The minimum atomic E-state index is -1.12. The summed E-state index contributed by atoms with van der Waals surface area (Å²) in [6.45, 7) is 2.70. The van der Waals surface area contributed by atoms with Gasteiger partial charge in [-0.25, -0.2) is 4.79 Å². The Balaban J connectivity index is 3.79. The lowest BCUT2D eigenvalue weighted by Crippen LogP contribution is -2.41. The molecule has 0 aromatic rings. The Morgan fingerprint density at radius 2 is 1.21 bits per heavy atom. The van der Waals surface area contributed by atoms with E-state index in [4.69, 9.17) is 5.73 Å². The first-order valence-corrected chi connectivity index (χ1v) is 12.9. The average molecular weight is 470 g/mol. The number of carbonyl (C=O) groups is 4. The van der Waals surface area contributed by atoms with Crippen molar-refractivity contribution in [1.29, 1.82) is 0 Å². The van der Waals surface area contributed by atoms with E-state index in [0.29, 0.717) is 25.8 Å². The SMILES string of the molecule is CCCCCCCCCCCCCC(=O)N[C@@H](CCC(=O)NCCCCCC(N)=O)C(=O)O. The van der Waals surface area contributed by atoms with Crippen LogP contribution in [0.3, 0.4) is 0 Å². The number of nitrogens with one attached hydrogen (secondary N) is 2. The van der Waals surface area contributed by atoms with Crippen LogP contribution in [0.2, 0.25) is 0 Å². The summed E-state index contributed by atoms with van der Waals surface area (Å²) >= 11 is 0. The molecule has 1 atom stereocenters. The number of carboxylic acids is 1. The van der Waals surface area contributed by atoms with E-state index < -0.39 is 12.0 Å². The molecule has 0 aromatic carbocycles. The molecule has 0 radical (unpaired) electrons. The zero-order chi connectivity index (χ0) is 24.7. The van der Waals surface area contributed by atoms with Crippen molar-refractivity contribution in [2.75, 3.05) is 6.54 Å². The van der Waals surface area contributed by atoms with Gasteiger partial charge < -0.3 is 21.5 Å². The van der Waals surface area contributed by atoms with Gasteiger partial charge in [-0.2, -0.15) is 0 Å². The molecule has 0 spiro atoms. The van der Waals surface area contributed by atoms with Crippen molar-refractivity contribution in [1.82, 2.24) is 10.6 Å². The molecule has 3 amide bonds. The van der Waals surface area contributed by atoms with E-state index in [2.05, 4.69) is 17.6 Å². The molecule has 0 unspecified atom stereocenters. The molecule has 0 rings (SSSR count). The number of carbonyl (C=O) groups excluding carboxylic acids is 3. The van der Waals surface area contributed by atoms with Crippen LogP contribution in [-0.4, -0.2) is 41.4 Å². The van der Waals surface area contributed by atoms with Crippen molar-refractivity contribution in [3.63, 3.8) is 0 Å². The number of hydrogen-bond acceptors (Lipinski definition) is 4. The number of amides is 3. The predicted octanol–water partition coefficient (Wildman–Crippen LogP) is 4.20. The molecule has 0 aliphatic carbocycles. The van der Waals surface area contributed by atoms with Crippen LogP contribution in [0.25, 0.3) is 0 Å². The molecule has 0 saturated heterocycles. The molecule has 0 aromatic heterocycles. The highest BCUT2D eigenvalue weighted by atomic mass is 16.4. The van der Waals surface area contributed by atoms with Crippen LogP contribution in [-0.2, 0) is 19.2 Å². The lowest BCUT2D eigenvalue weighted by molar-refractivity contribution is -0.142. The minimum absolute atomic E-state index is 0.0387. The second-order valence-electron chi connectivity index (χ2n) is 8.91. The Kier molecular flexibility index (Phi) is 20.3. The summed E-state index contributed by atoms with van der Waals surface area (Å²) in [5, 5.41) is 14.6. The van der Waals surface area contributed by atoms with Crippen LogP contribution in [0, 0.1) is 0 Å². The number of primary amides is 1. The number of carboxylic acid groups (broad SMARTS) is 1. The van der Waals surface area contributed by atoms with E-state index in [0.717, 1.165) is 32.1 Å². The largest absolute Gasteiger partial charge is 0.480 e. The third-order valence-electron chi connectivity index (χ3n) is 5.72. The fourth-order valence-electron chi connectivity index (χ4n) is 3.67. The van der Waals surface area contributed by atoms with Crippen molar-refractivity contribution >= 4 is 23.7 Å². The molecule has 0 fully saturated rings. The average Bonchev–Trinajstić information content (AvgIpc) is 2.76. The third kappa shape index (κ3) is 21.5. The molecule has 0 saturated carbocycles. The van der Waals surface area contributed by atoms with Crippen molar-refractivity contribution in [3.05, 3.63) is 0 Å². The van der Waals surface area contributed by atoms with Gasteiger partial charge in [0.1, 0.15) is 6.04 Å². The molecule has 8 nitrogen and oxygen atoms in total. The minimum Gasteiger partial charge on any atom is -0.480 e. The van der Waals surface area contributed by atoms with Crippen molar-refractivity contribution in [2.24, 2.45) is 5.73 Å². The summed E-state index contributed by atoms with van der Waals surface area (Å²) < 4.78 is 0. The van der Waals surface area contributed by atoms with Gasteiger partial charge in [0.25, 0.3) is 0 Å². The van der Waals surface area contributed by atoms with Crippen LogP contribution in [0.15, 0.2) is 0 Å². The quantitative estimate of drug-likeness (QED) is 0.166. The summed E-state index contributed by atoms with van der Waals surface area (Å²) in [5.41, 5.74) is 5.07. The van der Waals surface area contributed by atoms with Crippen molar-refractivity contribution in [3.8, 4) is 0 Å². The van der Waals surface area contributed by atoms with Crippen LogP contribution in [0.1, 0.15) is 122 Å². The van der Waals surface area contributed by atoms with E-state index >= 15 is 0 Å². The van der Waals surface area contributed by atoms with Gasteiger partial charge in [-0.3, -0.25) is 14.4 Å². The normalized spacial score (nSPS) is 11.7. The van der Waals surface area contributed by atoms with E-state index in [9.17, 15) is 24.3 Å². The molecule has 5 N–H and O–H groups in total. The predicted molar refractivity (Wildman–Crippen MR) is 131 cm³/mol. The molecular formula is C25H47N3O5. The Morgan fingerprint density at radius 3 is 1.76 bits per heavy atom.